The van der Waals surface area contributed by atoms with Crippen LogP contribution in [0.5, 0.6) is 5.88 Å². The number of nitrogens with one attached hydrogen (secondary N) is 1. The molecule has 0 spiro atoms. The van der Waals surface area contributed by atoms with Crippen LogP contribution >= 0.6 is 0 Å². The van der Waals surface area contributed by atoms with Gasteiger partial charge in [0, 0.05) is 44.7 Å². The van der Waals surface area contributed by atoms with E-state index in [1.165, 1.54) is 17.5 Å². The van der Waals surface area contributed by atoms with Crippen LogP contribution in [0, 0.1) is 6.92 Å². The first-order chi connectivity index (χ1) is 14.3. The zero-order valence-electron chi connectivity index (χ0n) is 17.5. The molecule has 0 radical (unpaired) electrons. The van der Waals surface area contributed by atoms with Gasteiger partial charge in [0.1, 0.15) is 6.10 Å². The third kappa shape index (κ3) is 5.41. The Morgan fingerprint density at radius 2 is 2.00 bits per heavy atom. The van der Waals surface area contributed by atoms with Crippen LogP contribution in [0.3, 0.4) is 0 Å². The van der Waals surface area contributed by atoms with Crippen molar-refractivity contribution in [1.82, 2.24) is 9.88 Å². The summed E-state index contributed by atoms with van der Waals surface area (Å²) in [4.78, 5) is 18.5. The lowest BCUT2D eigenvalue weighted by molar-refractivity contribution is 0.111. The summed E-state index contributed by atoms with van der Waals surface area (Å²) in [6.45, 7) is 4.78. The van der Waals surface area contributed by atoms with E-state index in [-0.39, 0.29) is 17.9 Å². The van der Waals surface area contributed by atoms with Crippen molar-refractivity contribution >= 4 is 27.4 Å². The minimum atomic E-state index is -3.32. The SMILES string of the molecule is CCS(=O)(=O)N(C)c1ccc(OC2CCN(C(=O)Nc3cccc(C)c3)CC2)nc1. The lowest BCUT2D eigenvalue weighted by Crippen LogP contribution is -2.43. The molecule has 1 aliphatic heterocycles. The van der Waals surface area contributed by atoms with E-state index in [9.17, 15) is 13.2 Å². The van der Waals surface area contributed by atoms with E-state index < -0.39 is 10.0 Å². The molecular formula is C21H28N4O4S. The minimum absolute atomic E-state index is 0.0256. The van der Waals surface area contributed by atoms with Crippen LogP contribution in [0.2, 0.25) is 0 Å². The Balaban J connectivity index is 1.50. The Hall–Kier alpha value is -2.81. The zero-order valence-corrected chi connectivity index (χ0v) is 18.4. The normalized spacial score (nSPS) is 15.0. The summed E-state index contributed by atoms with van der Waals surface area (Å²) in [5.41, 5.74) is 2.38. The molecular weight excluding hydrogens is 404 g/mol. The van der Waals surface area contributed by atoms with Gasteiger partial charge in [-0.1, -0.05) is 12.1 Å². The number of benzene rings is 1. The number of hydrogen-bond acceptors (Lipinski definition) is 5. The van der Waals surface area contributed by atoms with Crippen LogP contribution in [0.15, 0.2) is 42.6 Å². The van der Waals surface area contributed by atoms with Gasteiger partial charge >= 0.3 is 6.03 Å². The Bertz CT molecular complexity index is 971. The molecule has 2 heterocycles. The van der Waals surface area contributed by atoms with Crippen LogP contribution in [0.25, 0.3) is 0 Å². The minimum Gasteiger partial charge on any atom is -0.474 e. The van der Waals surface area contributed by atoms with Crippen LogP contribution in [-0.2, 0) is 10.0 Å². The van der Waals surface area contributed by atoms with Gasteiger partial charge in [-0.15, -0.1) is 0 Å². The molecule has 8 nitrogen and oxygen atoms in total. The third-order valence-corrected chi connectivity index (χ3v) is 6.93. The maximum atomic E-state index is 12.5. The van der Waals surface area contributed by atoms with Gasteiger partial charge in [-0.25, -0.2) is 18.2 Å². The second kappa shape index (κ2) is 9.34. The van der Waals surface area contributed by atoms with E-state index in [2.05, 4.69) is 10.3 Å². The molecule has 2 aromatic rings. The van der Waals surface area contributed by atoms with Gasteiger partial charge in [0.25, 0.3) is 0 Å². The number of carbonyl (C=O) groups excluding carboxylic acids is 1. The summed E-state index contributed by atoms with van der Waals surface area (Å²) in [7, 11) is -1.81. The lowest BCUT2D eigenvalue weighted by Gasteiger charge is -2.32. The third-order valence-electron chi connectivity index (χ3n) is 5.15. The van der Waals surface area contributed by atoms with E-state index >= 15 is 0 Å². The molecule has 0 bridgehead atoms. The summed E-state index contributed by atoms with van der Waals surface area (Å²) in [6, 6.07) is 11.0. The van der Waals surface area contributed by atoms with Crippen molar-refractivity contribution in [1.29, 1.82) is 0 Å². The Labute approximate surface area is 177 Å². The van der Waals surface area contributed by atoms with Crippen LogP contribution in [0.1, 0.15) is 25.3 Å². The van der Waals surface area contributed by atoms with E-state index in [1.54, 1.807) is 24.0 Å². The first-order valence-corrected chi connectivity index (χ1v) is 11.6. The number of amides is 2. The summed E-state index contributed by atoms with van der Waals surface area (Å²) >= 11 is 0. The molecule has 1 aliphatic rings. The number of pyridine rings is 1. The molecule has 0 atom stereocenters. The number of anilines is 2. The highest BCUT2D eigenvalue weighted by atomic mass is 32.2. The molecule has 1 aromatic carbocycles. The number of carbonyl (C=O) groups is 1. The molecule has 0 aliphatic carbocycles. The zero-order chi connectivity index (χ0) is 21.7. The van der Waals surface area contributed by atoms with Gasteiger partial charge < -0.3 is 15.0 Å². The van der Waals surface area contributed by atoms with Crippen molar-refractivity contribution in [3.63, 3.8) is 0 Å². The van der Waals surface area contributed by atoms with Crippen molar-refractivity contribution in [2.45, 2.75) is 32.8 Å². The van der Waals surface area contributed by atoms with Crippen molar-refractivity contribution < 1.29 is 17.9 Å². The number of likely N-dealkylation sites (tertiary alicyclic amines) is 1. The van der Waals surface area contributed by atoms with E-state index in [0.717, 1.165) is 11.3 Å². The van der Waals surface area contributed by atoms with Gasteiger partial charge in [0.2, 0.25) is 15.9 Å². The fraction of sp³-hybridized carbons (Fsp3) is 0.429. The molecule has 1 fully saturated rings. The highest BCUT2D eigenvalue weighted by Crippen LogP contribution is 2.22. The van der Waals surface area contributed by atoms with Gasteiger partial charge in [-0.05, 0) is 37.6 Å². The fourth-order valence-corrected chi connectivity index (χ4v) is 4.07. The second-order valence-electron chi connectivity index (χ2n) is 7.33. The summed E-state index contributed by atoms with van der Waals surface area (Å²) in [6.07, 6.45) is 2.86. The molecule has 1 N–H and O–H groups in total. The summed E-state index contributed by atoms with van der Waals surface area (Å²) in [5.74, 6) is 0.473. The van der Waals surface area contributed by atoms with Gasteiger partial charge in [-0.2, -0.15) is 0 Å². The number of urea groups is 1. The Kier molecular flexibility index (Phi) is 6.81. The largest absolute Gasteiger partial charge is 0.474 e. The molecule has 30 heavy (non-hydrogen) atoms. The van der Waals surface area contributed by atoms with Crippen LogP contribution in [0.4, 0.5) is 16.2 Å². The topological polar surface area (TPSA) is 91.8 Å². The van der Waals surface area contributed by atoms with E-state index in [0.29, 0.717) is 37.5 Å². The monoisotopic (exact) mass is 432 g/mol. The molecule has 0 unspecified atom stereocenters. The number of rotatable bonds is 6. The number of sulfonamides is 1. The van der Waals surface area contributed by atoms with Gasteiger partial charge in [0.05, 0.1) is 17.6 Å². The molecule has 1 aromatic heterocycles. The van der Waals surface area contributed by atoms with Crippen molar-refractivity contribution in [2.75, 3.05) is 35.5 Å². The number of aromatic nitrogens is 1. The highest BCUT2D eigenvalue weighted by Gasteiger charge is 2.24. The predicted octanol–water partition coefficient (Wildman–Crippen LogP) is 3.25. The maximum Gasteiger partial charge on any atom is 0.321 e. The summed E-state index contributed by atoms with van der Waals surface area (Å²) < 4.78 is 31.0. The fourth-order valence-electron chi connectivity index (χ4n) is 3.26. The van der Waals surface area contributed by atoms with E-state index in [1.807, 2.05) is 31.2 Å². The number of aryl methyl sites for hydroxylation is 1. The average molecular weight is 433 g/mol. The van der Waals surface area contributed by atoms with Crippen molar-refractivity contribution in [3.8, 4) is 5.88 Å². The van der Waals surface area contributed by atoms with E-state index in [4.69, 9.17) is 4.74 Å². The quantitative estimate of drug-likeness (QED) is 0.757. The Morgan fingerprint density at radius 3 is 2.60 bits per heavy atom. The molecule has 9 heteroatoms. The maximum absolute atomic E-state index is 12.5. The number of nitrogens with zero attached hydrogens (tertiary/aromatic N) is 3. The molecule has 3 rings (SSSR count). The predicted molar refractivity (Wildman–Crippen MR) is 118 cm³/mol. The molecule has 1 saturated heterocycles. The molecule has 2 amide bonds. The first kappa shape index (κ1) is 21.9. The first-order valence-electron chi connectivity index (χ1n) is 10.0. The smallest absolute Gasteiger partial charge is 0.321 e. The van der Waals surface area contributed by atoms with Crippen LogP contribution in [-0.4, -0.2) is 56.3 Å². The second-order valence-corrected chi connectivity index (χ2v) is 9.62. The average Bonchev–Trinajstić information content (AvgIpc) is 2.74. The Morgan fingerprint density at radius 1 is 1.27 bits per heavy atom. The molecule has 0 saturated carbocycles. The molecule has 162 valence electrons. The number of piperidine rings is 1. The van der Waals surface area contributed by atoms with Crippen LogP contribution < -0.4 is 14.4 Å². The highest BCUT2D eigenvalue weighted by molar-refractivity contribution is 7.92. The summed E-state index contributed by atoms with van der Waals surface area (Å²) in [5, 5.41) is 2.93. The van der Waals surface area contributed by atoms with Gasteiger partial charge in [0.15, 0.2) is 0 Å². The lowest BCUT2D eigenvalue weighted by atomic mass is 10.1. The standard InChI is InChI=1S/C21H28N4O4S/c1-4-30(27,28)24(3)18-8-9-20(22-15-18)29-19-10-12-25(13-11-19)21(26)23-17-7-5-6-16(2)14-17/h5-9,14-15,19H,4,10-13H2,1-3H3,(H,23,26). The van der Waals surface area contributed by atoms with Crippen molar-refractivity contribution in [3.05, 3.63) is 48.2 Å². The van der Waals surface area contributed by atoms with Crippen molar-refractivity contribution in [2.24, 2.45) is 0 Å². The van der Waals surface area contributed by atoms with Gasteiger partial charge in [-0.3, -0.25) is 4.31 Å². The number of hydrogen-bond donors (Lipinski definition) is 1. The number of ether oxygens (including phenoxy) is 1.